The largest absolute Gasteiger partial charge is 0.497 e. The third-order valence-corrected chi connectivity index (χ3v) is 7.73. The summed E-state index contributed by atoms with van der Waals surface area (Å²) in [6.07, 6.45) is 0.493. The van der Waals surface area contributed by atoms with Crippen molar-refractivity contribution in [3.63, 3.8) is 0 Å². The number of benzene rings is 3. The summed E-state index contributed by atoms with van der Waals surface area (Å²) in [7, 11) is 1.61. The van der Waals surface area contributed by atoms with Crippen molar-refractivity contribution in [1.29, 1.82) is 0 Å². The van der Waals surface area contributed by atoms with Crippen LogP contribution in [0.15, 0.2) is 76.8 Å². The van der Waals surface area contributed by atoms with Gasteiger partial charge in [0, 0.05) is 23.6 Å². The highest BCUT2D eigenvalue weighted by atomic mass is 35.5. The number of aliphatic imine (C=N–C) groups is 1. The van der Waals surface area contributed by atoms with Gasteiger partial charge < -0.3 is 10.1 Å². The lowest BCUT2D eigenvalue weighted by Gasteiger charge is -2.23. The SMILES string of the molecule is COc1ccc(C2CC(c3ccc(Cl)cc3)=NN2C2=NC(=O)C(CC(=O)Nc3ccc(C)c(F)c3)S2)cc1. The molecule has 2 aliphatic rings. The van der Waals surface area contributed by atoms with Crippen molar-refractivity contribution in [2.24, 2.45) is 10.1 Å². The van der Waals surface area contributed by atoms with Crippen LogP contribution in [0.25, 0.3) is 0 Å². The van der Waals surface area contributed by atoms with Crippen LogP contribution in [0, 0.1) is 12.7 Å². The molecule has 2 amide bonds. The third-order valence-electron chi connectivity index (χ3n) is 6.34. The summed E-state index contributed by atoms with van der Waals surface area (Å²) >= 11 is 7.27. The van der Waals surface area contributed by atoms with Crippen LogP contribution in [0.3, 0.4) is 0 Å². The fourth-order valence-electron chi connectivity index (χ4n) is 4.24. The number of amides is 2. The number of amidine groups is 1. The van der Waals surface area contributed by atoms with E-state index in [2.05, 4.69) is 10.3 Å². The molecule has 0 saturated heterocycles. The van der Waals surface area contributed by atoms with Crippen molar-refractivity contribution < 1.29 is 18.7 Å². The number of hydrogen-bond acceptors (Lipinski definition) is 6. The molecule has 0 aliphatic carbocycles. The Bertz CT molecular complexity index is 1440. The van der Waals surface area contributed by atoms with Gasteiger partial charge in [0.2, 0.25) is 5.91 Å². The summed E-state index contributed by atoms with van der Waals surface area (Å²) in [6, 6.07) is 19.4. The number of methoxy groups -OCH3 is 1. The molecule has 7 nitrogen and oxygen atoms in total. The van der Waals surface area contributed by atoms with Crippen LogP contribution in [0.4, 0.5) is 10.1 Å². The predicted molar refractivity (Wildman–Crippen MR) is 148 cm³/mol. The van der Waals surface area contributed by atoms with Gasteiger partial charge in [-0.15, -0.1) is 0 Å². The Morgan fingerprint density at radius 3 is 2.58 bits per heavy atom. The monoisotopic (exact) mass is 550 g/mol. The second-order valence-corrected chi connectivity index (χ2v) is 10.6. The zero-order valence-corrected chi connectivity index (χ0v) is 22.2. The van der Waals surface area contributed by atoms with Crippen LogP contribution in [-0.2, 0) is 9.59 Å². The van der Waals surface area contributed by atoms with Crippen molar-refractivity contribution in [2.45, 2.75) is 31.1 Å². The zero-order chi connectivity index (χ0) is 26.8. The smallest absolute Gasteiger partial charge is 0.262 e. The van der Waals surface area contributed by atoms with Gasteiger partial charge in [-0.3, -0.25) is 9.59 Å². The van der Waals surface area contributed by atoms with E-state index in [1.54, 1.807) is 31.2 Å². The minimum Gasteiger partial charge on any atom is -0.497 e. The Morgan fingerprint density at radius 1 is 1.16 bits per heavy atom. The summed E-state index contributed by atoms with van der Waals surface area (Å²) in [4.78, 5) is 29.7. The maximum absolute atomic E-state index is 13.9. The van der Waals surface area contributed by atoms with Crippen LogP contribution >= 0.6 is 23.4 Å². The minimum absolute atomic E-state index is 0.0964. The quantitative estimate of drug-likeness (QED) is 0.408. The first-order chi connectivity index (χ1) is 18.3. The molecule has 194 valence electrons. The highest BCUT2D eigenvalue weighted by Crippen LogP contribution is 2.39. The number of nitrogens with one attached hydrogen (secondary N) is 1. The number of aryl methyl sites for hydroxylation is 1. The summed E-state index contributed by atoms with van der Waals surface area (Å²) < 4.78 is 19.1. The maximum atomic E-state index is 13.9. The van der Waals surface area contributed by atoms with Crippen LogP contribution in [0.2, 0.25) is 5.02 Å². The van der Waals surface area contributed by atoms with E-state index in [-0.39, 0.29) is 12.5 Å². The van der Waals surface area contributed by atoms with Crippen LogP contribution in [0.1, 0.15) is 35.6 Å². The standard InChI is InChI=1S/C28H24ClFN4O3S/c1-16-3-10-20(13-22(16)30)31-26(35)15-25-27(36)32-28(38-25)34-24(18-6-11-21(37-2)12-7-18)14-23(33-34)17-4-8-19(29)9-5-17/h3-13,24-25H,14-15H2,1-2H3,(H,31,35). The average molecular weight is 551 g/mol. The number of nitrogens with zero attached hydrogens (tertiary/aromatic N) is 3. The molecule has 3 aromatic rings. The van der Waals surface area contributed by atoms with Gasteiger partial charge in [-0.1, -0.05) is 53.7 Å². The van der Waals surface area contributed by atoms with Gasteiger partial charge >= 0.3 is 0 Å². The summed E-state index contributed by atoms with van der Waals surface area (Å²) in [5, 5.41) is 9.60. The molecule has 38 heavy (non-hydrogen) atoms. The Balaban J connectivity index is 1.34. The molecule has 2 atom stereocenters. The van der Waals surface area contributed by atoms with Crippen molar-refractivity contribution in [2.75, 3.05) is 12.4 Å². The Kier molecular flexibility index (Phi) is 7.49. The average Bonchev–Trinajstić information content (AvgIpc) is 3.50. The number of halogens is 2. The first-order valence-electron chi connectivity index (χ1n) is 11.9. The number of ether oxygens (including phenoxy) is 1. The fraction of sp³-hybridized carbons (Fsp3) is 0.214. The molecule has 10 heteroatoms. The van der Waals surface area contributed by atoms with E-state index < -0.39 is 22.9 Å². The molecule has 2 aliphatic heterocycles. The van der Waals surface area contributed by atoms with Gasteiger partial charge in [0.25, 0.3) is 5.91 Å². The highest BCUT2D eigenvalue weighted by molar-refractivity contribution is 8.15. The van der Waals surface area contributed by atoms with E-state index in [4.69, 9.17) is 21.4 Å². The molecule has 0 bridgehead atoms. The van der Waals surface area contributed by atoms with E-state index in [0.29, 0.717) is 27.9 Å². The Labute approximate surface area is 228 Å². The molecule has 0 saturated carbocycles. The van der Waals surface area contributed by atoms with Crippen molar-refractivity contribution in [1.82, 2.24) is 5.01 Å². The maximum Gasteiger partial charge on any atom is 0.262 e. The molecular weight excluding hydrogens is 527 g/mol. The van der Waals surface area contributed by atoms with E-state index in [0.717, 1.165) is 22.6 Å². The summed E-state index contributed by atoms with van der Waals surface area (Å²) in [5.74, 6) is -0.472. The van der Waals surface area contributed by atoms with Gasteiger partial charge in [-0.2, -0.15) is 10.1 Å². The van der Waals surface area contributed by atoms with Crippen molar-refractivity contribution in [3.8, 4) is 5.75 Å². The van der Waals surface area contributed by atoms with E-state index >= 15 is 0 Å². The molecule has 0 fully saturated rings. The molecular formula is C28H24ClFN4O3S. The molecule has 2 heterocycles. The van der Waals surface area contributed by atoms with E-state index in [1.807, 2.05) is 48.5 Å². The van der Waals surface area contributed by atoms with Crippen LogP contribution < -0.4 is 10.1 Å². The summed E-state index contributed by atoms with van der Waals surface area (Å²) in [5.41, 5.74) is 3.56. The zero-order valence-electron chi connectivity index (χ0n) is 20.7. The van der Waals surface area contributed by atoms with Gasteiger partial charge in [0.05, 0.1) is 18.9 Å². The number of carbonyl (C=O) groups excluding carboxylic acids is 2. The van der Waals surface area contributed by atoms with Gasteiger partial charge in [-0.25, -0.2) is 9.40 Å². The molecule has 3 aromatic carbocycles. The van der Waals surface area contributed by atoms with Crippen LogP contribution in [-0.4, -0.2) is 40.1 Å². The molecule has 0 spiro atoms. The lowest BCUT2D eigenvalue weighted by Crippen LogP contribution is -2.25. The number of hydrogen-bond donors (Lipinski definition) is 1. The Hall–Kier alpha value is -3.69. The van der Waals surface area contributed by atoms with Gasteiger partial charge in [0.15, 0.2) is 5.17 Å². The number of hydrazone groups is 1. The van der Waals surface area contributed by atoms with Crippen molar-refractivity contribution in [3.05, 3.63) is 94.3 Å². The normalized spacial score (nSPS) is 18.8. The van der Waals surface area contributed by atoms with Crippen LogP contribution in [0.5, 0.6) is 5.75 Å². The first kappa shape index (κ1) is 25.9. The second kappa shape index (κ2) is 11.0. The fourth-order valence-corrected chi connectivity index (χ4v) is 5.43. The molecule has 0 radical (unpaired) electrons. The second-order valence-electron chi connectivity index (χ2n) is 8.95. The van der Waals surface area contributed by atoms with E-state index in [1.165, 1.54) is 17.8 Å². The minimum atomic E-state index is -0.702. The Morgan fingerprint density at radius 2 is 1.89 bits per heavy atom. The van der Waals surface area contributed by atoms with Gasteiger partial charge in [-0.05, 0) is 60.0 Å². The van der Waals surface area contributed by atoms with Crippen molar-refractivity contribution >= 4 is 51.7 Å². The first-order valence-corrected chi connectivity index (χ1v) is 13.2. The predicted octanol–water partition coefficient (Wildman–Crippen LogP) is 5.97. The topological polar surface area (TPSA) is 83.4 Å². The summed E-state index contributed by atoms with van der Waals surface area (Å²) in [6.45, 7) is 1.64. The third kappa shape index (κ3) is 5.58. The molecule has 1 N–H and O–H groups in total. The number of carbonyl (C=O) groups is 2. The molecule has 0 aromatic heterocycles. The number of anilines is 1. The lowest BCUT2D eigenvalue weighted by molar-refractivity contribution is -0.121. The highest BCUT2D eigenvalue weighted by Gasteiger charge is 2.39. The molecule has 2 unspecified atom stereocenters. The lowest BCUT2D eigenvalue weighted by atomic mass is 9.98. The molecule has 5 rings (SSSR count). The van der Waals surface area contributed by atoms with Gasteiger partial charge in [0.1, 0.15) is 16.8 Å². The number of rotatable bonds is 6. The number of thioether (sulfide) groups is 1. The van der Waals surface area contributed by atoms with E-state index in [9.17, 15) is 14.0 Å².